The molecule has 0 amide bonds. The molecular weight excluding hydrogens is 186 g/mol. The predicted octanol–water partition coefficient (Wildman–Crippen LogP) is 0.997. The Morgan fingerprint density at radius 1 is 1.40 bits per heavy atom. The summed E-state index contributed by atoms with van der Waals surface area (Å²) in [7, 11) is 4.44. The summed E-state index contributed by atoms with van der Waals surface area (Å²) in [6, 6.07) is 0.338. The highest BCUT2D eigenvalue weighted by Crippen LogP contribution is 2.16. The predicted molar refractivity (Wildman–Crippen MR) is 66.0 cm³/mol. The summed E-state index contributed by atoms with van der Waals surface area (Å²) in [5.74, 6) is 0.902. The first-order valence-corrected chi connectivity index (χ1v) is 6.20. The largest absolute Gasteiger partial charge is 0.328 e. The maximum Gasteiger partial charge on any atom is 0.00226 e. The maximum atomic E-state index is 5.76. The van der Waals surface area contributed by atoms with Gasteiger partial charge >= 0.3 is 0 Å². The van der Waals surface area contributed by atoms with Crippen LogP contribution in [-0.2, 0) is 0 Å². The molecule has 1 atom stereocenters. The Balaban J connectivity index is 2.12. The van der Waals surface area contributed by atoms with E-state index in [1.54, 1.807) is 0 Å². The minimum Gasteiger partial charge on any atom is -0.328 e. The molecule has 1 saturated heterocycles. The van der Waals surface area contributed by atoms with Gasteiger partial charge < -0.3 is 15.5 Å². The zero-order valence-electron chi connectivity index (χ0n) is 10.6. The fourth-order valence-electron chi connectivity index (χ4n) is 2.20. The lowest BCUT2D eigenvalue weighted by Crippen LogP contribution is -2.36. The molecule has 2 N–H and O–H groups in total. The summed E-state index contributed by atoms with van der Waals surface area (Å²) in [4.78, 5) is 4.87. The lowest BCUT2D eigenvalue weighted by Gasteiger charge is -2.31. The molecular formula is C12H27N3. The number of hydrogen-bond donors (Lipinski definition) is 1. The molecule has 3 heteroatoms. The Hall–Kier alpha value is -0.120. The van der Waals surface area contributed by atoms with Gasteiger partial charge in [0, 0.05) is 12.6 Å². The van der Waals surface area contributed by atoms with Gasteiger partial charge in [0.15, 0.2) is 0 Å². The van der Waals surface area contributed by atoms with Crippen LogP contribution in [0.4, 0.5) is 0 Å². The summed E-state index contributed by atoms with van der Waals surface area (Å²) in [5.41, 5.74) is 5.76. The lowest BCUT2D eigenvalue weighted by atomic mass is 9.96. The third-order valence-electron chi connectivity index (χ3n) is 3.37. The number of likely N-dealkylation sites (tertiary alicyclic amines) is 1. The van der Waals surface area contributed by atoms with Gasteiger partial charge in [0.05, 0.1) is 0 Å². The van der Waals surface area contributed by atoms with Gasteiger partial charge in [-0.25, -0.2) is 0 Å². The third kappa shape index (κ3) is 5.50. The molecule has 1 heterocycles. The van der Waals surface area contributed by atoms with Crippen LogP contribution in [-0.4, -0.2) is 56.1 Å². The normalized spacial score (nSPS) is 22.2. The number of rotatable bonds is 5. The van der Waals surface area contributed by atoms with Crippen molar-refractivity contribution in [1.82, 2.24) is 9.80 Å². The summed E-state index contributed by atoms with van der Waals surface area (Å²) in [6.07, 6.45) is 3.83. The Morgan fingerprint density at radius 2 is 2.00 bits per heavy atom. The molecule has 0 bridgehead atoms. The lowest BCUT2D eigenvalue weighted by molar-refractivity contribution is 0.174. The molecule has 1 aliphatic rings. The molecule has 1 rings (SSSR count). The average molecular weight is 213 g/mol. The third-order valence-corrected chi connectivity index (χ3v) is 3.37. The highest BCUT2D eigenvalue weighted by atomic mass is 15.1. The van der Waals surface area contributed by atoms with E-state index < -0.39 is 0 Å². The van der Waals surface area contributed by atoms with Crippen LogP contribution < -0.4 is 5.73 Å². The molecule has 0 aliphatic carbocycles. The van der Waals surface area contributed by atoms with Crippen molar-refractivity contribution < 1.29 is 0 Å². The topological polar surface area (TPSA) is 32.5 Å². The number of nitrogens with zero attached hydrogens (tertiary/aromatic N) is 2. The quantitative estimate of drug-likeness (QED) is 0.739. The van der Waals surface area contributed by atoms with Gasteiger partial charge in [-0.05, 0) is 65.8 Å². The molecule has 0 radical (unpaired) electrons. The van der Waals surface area contributed by atoms with Gasteiger partial charge in [-0.3, -0.25) is 0 Å². The second-order valence-electron chi connectivity index (χ2n) is 5.27. The van der Waals surface area contributed by atoms with Crippen LogP contribution in [0.2, 0.25) is 0 Å². The minimum absolute atomic E-state index is 0.338. The SMILES string of the molecule is CC(N)CCN(C)CC1CCN(C)CC1. The van der Waals surface area contributed by atoms with Crippen molar-refractivity contribution >= 4 is 0 Å². The second kappa shape index (κ2) is 6.46. The molecule has 0 aromatic rings. The van der Waals surface area contributed by atoms with Gasteiger partial charge in [-0.15, -0.1) is 0 Å². The molecule has 0 saturated carbocycles. The Kier molecular flexibility index (Phi) is 5.58. The van der Waals surface area contributed by atoms with E-state index in [1.165, 1.54) is 32.5 Å². The van der Waals surface area contributed by atoms with E-state index in [4.69, 9.17) is 5.73 Å². The Bertz CT molecular complexity index is 162. The Morgan fingerprint density at radius 3 is 2.53 bits per heavy atom. The van der Waals surface area contributed by atoms with Crippen molar-refractivity contribution in [2.75, 3.05) is 40.3 Å². The standard InChI is InChI=1S/C12H27N3/c1-11(13)4-7-15(3)10-12-5-8-14(2)9-6-12/h11-12H,4-10,13H2,1-3H3. The van der Waals surface area contributed by atoms with Gasteiger partial charge in [0.2, 0.25) is 0 Å². The van der Waals surface area contributed by atoms with Crippen LogP contribution in [0.15, 0.2) is 0 Å². The van der Waals surface area contributed by atoms with Crippen molar-refractivity contribution in [2.45, 2.75) is 32.2 Å². The maximum absolute atomic E-state index is 5.76. The van der Waals surface area contributed by atoms with Gasteiger partial charge in [-0.2, -0.15) is 0 Å². The van der Waals surface area contributed by atoms with Gasteiger partial charge in [0.1, 0.15) is 0 Å². The first kappa shape index (κ1) is 12.9. The summed E-state index contributed by atoms with van der Waals surface area (Å²) in [5, 5.41) is 0. The van der Waals surface area contributed by atoms with Crippen molar-refractivity contribution in [3.63, 3.8) is 0 Å². The molecule has 1 fully saturated rings. The first-order chi connectivity index (χ1) is 7.08. The van der Waals surface area contributed by atoms with Crippen LogP contribution in [0.3, 0.4) is 0 Å². The van der Waals surface area contributed by atoms with Crippen LogP contribution in [0, 0.1) is 5.92 Å². The van der Waals surface area contributed by atoms with E-state index >= 15 is 0 Å². The molecule has 1 unspecified atom stereocenters. The van der Waals surface area contributed by atoms with E-state index in [9.17, 15) is 0 Å². The highest BCUT2D eigenvalue weighted by Gasteiger charge is 2.17. The molecule has 90 valence electrons. The number of piperidine rings is 1. The molecule has 0 spiro atoms. The van der Waals surface area contributed by atoms with Crippen molar-refractivity contribution in [2.24, 2.45) is 11.7 Å². The van der Waals surface area contributed by atoms with Gasteiger partial charge in [0.25, 0.3) is 0 Å². The van der Waals surface area contributed by atoms with Crippen LogP contribution >= 0.6 is 0 Å². The minimum atomic E-state index is 0.338. The van der Waals surface area contributed by atoms with Crippen LogP contribution in [0.5, 0.6) is 0 Å². The molecule has 0 aromatic carbocycles. The van der Waals surface area contributed by atoms with E-state index in [2.05, 4.69) is 30.8 Å². The fraction of sp³-hybridized carbons (Fsp3) is 1.00. The molecule has 15 heavy (non-hydrogen) atoms. The molecule has 0 aromatic heterocycles. The summed E-state index contributed by atoms with van der Waals surface area (Å²) in [6.45, 7) is 7.02. The average Bonchev–Trinajstić information content (AvgIpc) is 2.19. The van der Waals surface area contributed by atoms with E-state index in [0.29, 0.717) is 6.04 Å². The summed E-state index contributed by atoms with van der Waals surface area (Å²) >= 11 is 0. The Labute approximate surface area is 94.6 Å². The second-order valence-corrected chi connectivity index (χ2v) is 5.27. The summed E-state index contributed by atoms with van der Waals surface area (Å²) < 4.78 is 0. The van der Waals surface area contributed by atoms with Crippen molar-refractivity contribution in [1.29, 1.82) is 0 Å². The highest BCUT2D eigenvalue weighted by molar-refractivity contribution is 4.72. The first-order valence-electron chi connectivity index (χ1n) is 6.20. The smallest absolute Gasteiger partial charge is 0.00226 e. The zero-order valence-corrected chi connectivity index (χ0v) is 10.6. The number of hydrogen-bond acceptors (Lipinski definition) is 3. The molecule has 1 aliphatic heterocycles. The van der Waals surface area contributed by atoms with Crippen LogP contribution in [0.1, 0.15) is 26.2 Å². The van der Waals surface area contributed by atoms with Gasteiger partial charge in [-0.1, -0.05) is 0 Å². The van der Waals surface area contributed by atoms with E-state index in [1.807, 2.05) is 0 Å². The molecule has 3 nitrogen and oxygen atoms in total. The van der Waals surface area contributed by atoms with E-state index in [0.717, 1.165) is 18.9 Å². The zero-order chi connectivity index (χ0) is 11.3. The van der Waals surface area contributed by atoms with Crippen molar-refractivity contribution in [3.05, 3.63) is 0 Å². The fourth-order valence-corrected chi connectivity index (χ4v) is 2.20. The monoisotopic (exact) mass is 213 g/mol. The van der Waals surface area contributed by atoms with Crippen molar-refractivity contribution in [3.8, 4) is 0 Å². The number of nitrogens with two attached hydrogens (primary N) is 1. The van der Waals surface area contributed by atoms with Crippen LogP contribution in [0.25, 0.3) is 0 Å². The van der Waals surface area contributed by atoms with E-state index in [-0.39, 0.29) is 0 Å².